The Labute approximate surface area is 120 Å². The summed E-state index contributed by atoms with van der Waals surface area (Å²) in [6.45, 7) is 1.53. The van der Waals surface area contributed by atoms with Gasteiger partial charge in [-0.1, -0.05) is 15.9 Å². The highest BCUT2D eigenvalue weighted by Crippen LogP contribution is 2.10. The summed E-state index contributed by atoms with van der Waals surface area (Å²) < 4.78 is 0.886. The van der Waals surface area contributed by atoms with E-state index in [4.69, 9.17) is 5.11 Å². The highest BCUT2D eigenvalue weighted by atomic mass is 79.9. The molecule has 6 heteroatoms. The van der Waals surface area contributed by atoms with Gasteiger partial charge in [-0.2, -0.15) is 0 Å². The number of nitrogens with one attached hydrogen (secondary N) is 1. The standard InChI is InChI=1S/C13H17BrN2O3/c1-9(8-17)16(2)12(18)7-15-13(19)10-3-5-11(14)6-4-10/h3-6,9,17H,7-8H2,1-2H3,(H,15,19). The normalized spacial score (nSPS) is 11.8. The van der Waals surface area contributed by atoms with E-state index < -0.39 is 0 Å². The minimum Gasteiger partial charge on any atom is -0.394 e. The van der Waals surface area contributed by atoms with Crippen LogP contribution in [-0.2, 0) is 4.79 Å². The van der Waals surface area contributed by atoms with Crippen LogP contribution in [0.15, 0.2) is 28.7 Å². The number of amides is 2. The average molecular weight is 329 g/mol. The second kappa shape index (κ2) is 7.25. The molecule has 1 rings (SSSR count). The number of aliphatic hydroxyl groups is 1. The van der Waals surface area contributed by atoms with Gasteiger partial charge in [0.2, 0.25) is 5.91 Å². The van der Waals surface area contributed by atoms with E-state index in [0.717, 1.165) is 4.47 Å². The molecule has 0 saturated carbocycles. The Morgan fingerprint density at radius 1 is 1.37 bits per heavy atom. The minimum absolute atomic E-state index is 0.0876. The molecular formula is C13H17BrN2O3. The molecule has 104 valence electrons. The Morgan fingerprint density at radius 2 is 1.95 bits per heavy atom. The van der Waals surface area contributed by atoms with Gasteiger partial charge in [0.05, 0.1) is 19.2 Å². The predicted octanol–water partition coefficient (Wildman–Crippen LogP) is 1.02. The lowest BCUT2D eigenvalue weighted by Gasteiger charge is -2.23. The highest BCUT2D eigenvalue weighted by Gasteiger charge is 2.15. The fourth-order valence-corrected chi connectivity index (χ4v) is 1.62. The molecule has 0 bridgehead atoms. The maximum Gasteiger partial charge on any atom is 0.251 e. The fraction of sp³-hybridized carbons (Fsp3) is 0.385. The van der Waals surface area contributed by atoms with Gasteiger partial charge in [-0.3, -0.25) is 9.59 Å². The maximum atomic E-state index is 11.8. The molecule has 0 fully saturated rings. The number of halogens is 1. The SMILES string of the molecule is CC(CO)N(C)C(=O)CNC(=O)c1ccc(Br)cc1. The van der Waals surface area contributed by atoms with E-state index in [1.165, 1.54) is 4.90 Å². The van der Waals surface area contributed by atoms with Crippen LogP contribution in [0.25, 0.3) is 0 Å². The number of hydrogen-bond acceptors (Lipinski definition) is 3. The lowest BCUT2D eigenvalue weighted by molar-refractivity contribution is -0.131. The van der Waals surface area contributed by atoms with Crippen molar-refractivity contribution in [1.82, 2.24) is 10.2 Å². The molecule has 2 amide bonds. The first-order valence-corrected chi connectivity index (χ1v) is 6.65. The van der Waals surface area contributed by atoms with Crippen molar-refractivity contribution in [3.63, 3.8) is 0 Å². The zero-order chi connectivity index (χ0) is 14.4. The molecule has 1 aromatic rings. The first kappa shape index (κ1) is 15.7. The van der Waals surface area contributed by atoms with Crippen molar-refractivity contribution >= 4 is 27.7 Å². The van der Waals surface area contributed by atoms with Crippen molar-refractivity contribution in [3.8, 4) is 0 Å². The third-order valence-electron chi connectivity index (χ3n) is 2.83. The van der Waals surface area contributed by atoms with E-state index in [-0.39, 0.29) is 31.0 Å². The van der Waals surface area contributed by atoms with Crippen LogP contribution >= 0.6 is 15.9 Å². The quantitative estimate of drug-likeness (QED) is 0.847. The summed E-state index contributed by atoms with van der Waals surface area (Å²) in [6.07, 6.45) is 0. The number of aliphatic hydroxyl groups excluding tert-OH is 1. The molecular weight excluding hydrogens is 312 g/mol. The zero-order valence-corrected chi connectivity index (χ0v) is 12.5. The van der Waals surface area contributed by atoms with Gasteiger partial charge in [-0.25, -0.2) is 0 Å². The minimum atomic E-state index is -0.300. The lowest BCUT2D eigenvalue weighted by atomic mass is 10.2. The zero-order valence-electron chi connectivity index (χ0n) is 10.9. The van der Waals surface area contributed by atoms with E-state index in [1.54, 1.807) is 38.2 Å². The predicted molar refractivity (Wildman–Crippen MR) is 75.8 cm³/mol. The first-order valence-electron chi connectivity index (χ1n) is 5.86. The molecule has 2 N–H and O–H groups in total. The number of hydrogen-bond donors (Lipinski definition) is 2. The maximum absolute atomic E-state index is 11.8. The Balaban J connectivity index is 2.50. The van der Waals surface area contributed by atoms with Crippen molar-refractivity contribution in [3.05, 3.63) is 34.3 Å². The van der Waals surface area contributed by atoms with Crippen LogP contribution in [0.4, 0.5) is 0 Å². The molecule has 19 heavy (non-hydrogen) atoms. The van der Waals surface area contributed by atoms with E-state index in [2.05, 4.69) is 21.2 Å². The van der Waals surface area contributed by atoms with Gasteiger partial charge in [0, 0.05) is 17.1 Å². The average Bonchev–Trinajstić information content (AvgIpc) is 2.43. The summed E-state index contributed by atoms with van der Waals surface area (Å²) >= 11 is 3.28. The molecule has 0 radical (unpaired) electrons. The van der Waals surface area contributed by atoms with Crippen molar-refractivity contribution in [2.75, 3.05) is 20.2 Å². The van der Waals surface area contributed by atoms with Crippen LogP contribution in [0, 0.1) is 0 Å². The smallest absolute Gasteiger partial charge is 0.251 e. The molecule has 0 aliphatic rings. The second-order valence-electron chi connectivity index (χ2n) is 4.23. The fourth-order valence-electron chi connectivity index (χ4n) is 1.35. The lowest BCUT2D eigenvalue weighted by Crippen LogP contribution is -2.43. The summed E-state index contributed by atoms with van der Waals surface area (Å²) in [5, 5.41) is 11.5. The van der Waals surface area contributed by atoms with Crippen molar-refractivity contribution in [2.24, 2.45) is 0 Å². The van der Waals surface area contributed by atoms with Gasteiger partial charge in [-0.05, 0) is 31.2 Å². The van der Waals surface area contributed by atoms with Gasteiger partial charge in [0.1, 0.15) is 0 Å². The monoisotopic (exact) mass is 328 g/mol. The molecule has 0 aliphatic carbocycles. The van der Waals surface area contributed by atoms with Crippen LogP contribution in [0.5, 0.6) is 0 Å². The molecule has 1 atom stereocenters. The largest absolute Gasteiger partial charge is 0.394 e. The van der Waals surface area contributed by atoms with Gasteiger partial charge >= 0.3 is 0 Å². The van der Waals surface area contributed by atoms with E-state index in [1.807, 2.05) is 0 Å². The number of rotatable bonds is 5. The summed E-state index contributed by atoms with van der Waals surface area (Å²) in [6, 6.07) is 6.60. The Morgan fingerprint density at radius 3 is 2.47 bits per heavy atom. The van der Waals surface area contributed by atoms with Crippen LogP contribution in [0.2, 0.25) is 0 Å². The number of carbonyl (C=O) groups is 2. The summed E-state index contributed by atoms with van der Waals surface area (Å²) in [5.74, 6) is -0.544. The molecule has 0 aliphatic heterocycles. The van der Waals surface area contributed by atoms with Crippen LogP contribution in [-0.4, -0.2) is 48.1 Å². The van der Waals surface area contributed by atoms with Gasteiger partial charge in [0.25, 0.3) is 5.91 Å². The van der Waals surface area contributed by atoms with Crippen molar-refractivity contribution in [2.45, 2.75) is 13.0 Å². The first-order chi connectivity index (χ1) is 8.95. The van der Waals surface area contributed by atoms with E-state index in [0.29, 0.717) is 5.56 Å². The van der Waals surface area contributed by atoms with Crippen molar-refractivity contribution < 1.29 is 14.7 Å². The molecule has 1 aromatic carbocycles. The topological polar surface area (TPSA) is 69.6 Å². The number of nitrogens with zero attached hydrogens (tertiary/aromatic N) is 1. The number of carbonyl (C=O) groups excluding carboxylic acids is 2. The summed E-state index contributed by atoms with van der Waals surface area (Å²) in [7, 11) is 1.59. The second-order valence-corrected chi connectivity index (χ2v) is 5.14. The van der Waals surface area contributed by atoms with Gasteiger partial charge in [-0.15, -0.1) is 0 Å². The summed E-state index contributed by atoms with van der Waals surface area (Å²) in [4.78, 5) is 24.9. The Bertz CT molecular complexity index is 448. The summed E-state index contributed by atoms with van der Waals surface area (Å²) in [5.41, 5.74) is 0.494. The molecule has 1 unspecified atom stereocenters. The van der Waals surface area contributed by atoms with E-state index >= 15 is 0 Å². The van der Waals surface area contributed by atoms with E-state index in [9.17, 15) is 9.59 Å². The van der Waals surface area contributed by atoms with Gasteiger partial charge < -0.3 is 15.3 Å². The molecule has 0 spiro atoms. The third-order valence-corrected chi connectivity index (χ3v) is 3.35. The number of benzene rings is 1. The highest BCUT2D eigenvalue weighted by molar-refractivity contribution is 9.10. The Kier molecular flexibility index (Phi) is 5.98. The van der Waals surface area contributed by atoms with Crippen LogP contribution in [0.3, 0.4) is 0 Å². The molecule has 0 aromatic heterocycles. The van der Waals surface area contributed by atoms with Crippen LogP contribution in [0.1, 0.15) is 17.3 Å². The molecule has 0 heterocycles. The van der Waals surface area contributed by atoms with Crippen molar-refractivity contribution in [1.29, 1.82) is 0 Å². The molecule has 5 nitrogen and oxygen atoms in total. The Hall–Kier alpha value is -1.40. The van der Waals surface area contributed by atoms with Crippen LogP contribution < -0.4 is 5.32 Å². The number of likely N-dealkylation sites (N-methyl/N-ethyl adjacent to an activating group) is 1. The third kappa shape index (κ3) is 4.65. The van der Waals surface area contributed by atoms with Gasteiger partial charge in [0.15, 0.2) is 0 Å². The molecule has 0 saturated heterocycles.